The molecule has 0 radical (unpaired) electrons. The number of piperidine rings is 1. The van der Waals surface area contributed by atoms with E-state index in [2.05, 4.69) is 21.1 Å². The molecule has 31 heavy (non-hydrogen) atoms. The zero-order valence-corrected chi connectivity index (χ0v) is 18.6. The van der Waals surface area contributed by atoms with E-state index in [1.807, 2.05) is 6.92 Å². The van der Waals surface area contributed by atoms with Gasteiger partial charge >= 0.3 is 6.03 Å². The molecule has 168 valence electrons. The highest BCUT2D eigenvalue weighted by Gasteiger charge is 2.36. The molecule has 2 heterocycles. The van der Waals surface area contributed by atoms with Gasteiger partial charge in [0.15, 0.2) is 5.76 Å². The Balaban J connectivity index is 1.68. The molecule has 10 nitrogen and oxygen atoms in total. The van der Waals surface area contributed by atoms with Crippen molar-refractivity contribution < 1.29 is 22.5 Å². The molecule has 1 aromatic heterocycles. The number of carbonyl (C=O) groups is 2. The number of carbonyl (C=O) groups excluding carboxylic acids is 2. The lowest BCUT2D eigenvalue weighted by atomic mass is 9.98. The van der Waals surface area contributed by atoms with Gasteiger partial charge in [0, 0.05) is 31.0 Å². The maximum absolute atomic E-state index is 13.1. The van der Waals surface area contributed by atoms with Gasteiger partial charge in [-0.1, -0.05) is 11.2 Å². The zero-order chi connectivity index (χ0) is 22.6. The molecular formula is C20H27N5O5S. The quantitative estimate of drug-likeness (QED) is 0.620. The fourth-order valence-corrected chi connectivity index (χ4v) is 5.42. The Bertz CT molecular complexity index is 1050. The Labute approximate surface area is 181 Å². The van der Waals surface area contributed by atoms with Crippen LogP contribution in [0.3, 0.4) is 0 Å². The molecular weight excluding hydrogens is 422 g/mol. The van der Waals surface area contributed by atoms with Crippen LogP contribution in [0.15, 0.2) is 33.7 Å². The molecule has 1 fully saturated rings. The maximum Gasteiger partial charge on any atom is 0.319 e. The van der Waals surface area contributed by atoms with Gasteiger partial charge in [-0.2, -0.15) is 4.31 Å². The van der Waals surface area contributed by atoms with Crippen molar-refractivity contribution in [2.75, 3.05) is 30.3 Å². The molecule has 0 unspecified atom stereocenters. The predicted molar refractivity (Wildman–Crippen MR) is 115 cm³/mol. The SMILES string of the molecule is CCNC(=O)Nc1cccc(NC(=O)[C@H]2CCCN(S(=O)(=O)c3c(C)noc3C)C2)c1. The Hall–Kier alpha value is -2.92. The van der Waals surface area contributed by atoms with E-state index in [0.717, 1.165) is 0 Å². The van der Waals surface area contributed by atoms with Crippen LogP contribution >= 0.6 is 0 Å². The van der Waals surface area contributed by atoms with Crippen LogP contribution in [0.4, 0.5) is 16.2 Å². The van der Waals surface area contributed by atoms with E-state index >= 15 is 0 Å². The average molecular weight is 450 g/mol. The number of hydrogen-bond acceptors (Lipinski definition) is 6. The van der Waals surface area contributed by atoms with Crippen LogP contribution in [0.1, 0.15) is 31.2 Å². The number of nitrogens with zero attached hydrogens (tertiary/aromatic N) is 2. The van der Waals surface area contributed by atoms with Gasteiger partial charge in [0.25, 0.3) is 0 Å². The van der Waals surface area contributed by atoms with Crippen LogP contribution in [-0.2, 0) is 14.8 Å². The first-order valence-electron chi connectivity index (χ1n) is 10.1. The van der Waals surface area contributed by atoms with Gasteiger partial charge in [0.2, 0.25) is 15.9 Å². The van der Waals surface area contributed by atoms with Gasteiger partial charge in [-0.15, -0.1) is 0 Å². The molecule has 0 aliphatic carbocycles. The molecule has 1 aliphatic rings. The number of sulfonamides is 1. The molecule has 0 bridgehead atoms. The summed E-state index contributed by atoms with van der Waals surface area (Å²) in [6.45, 7) is 5.87. The van der Waals surface area contributed by atoms with Gasteiger partial charge in [-0.3, -0.25) is 4.79 Å². The van der Waals surface area contributed by atoms with Crippen LogP contribution in [0.25, 0.3) is 0 Å². The van der Waals surface area contributed by atoms with Crippen molar-refractivity contribution in [2.24, 2.45) is 5.92 Å². The largest absolute Gasteiger partial charge is 0.360 e. The minimum absolute atomic E-state index is 0.0673. The fraction of sp³-hybridized carbons (Fsp3) is 0.450. The number of anilines is 2. The highest BCUT2D eigenvalue weighted by Crippen LogP contribution is 2.28. The van der Waals surface area contributed by atoms with Crippen LogP contribution < -0.4 is 16.0 Å². The second kappa shape index (κ2) is 9.48. The topological polar surface area (TPSA) is 134 Å². The summed E-state index contributed by atoms with van der Waals surface area (Å²) < 4.78 is 32.5. The summed E-state index contributed by atoms with van der Waals surface area (Å²) in [4.78, 5) is 24.6. The third-order valence-electron chi connectivity index (χ3n) is 5.05. The minimum atomic E-state index is -3.80. The first kappa shape index (κ1) is 22.8. The summed E-state index contributed by atoms with van der Waals surface area (Å²) in [5.41, 5.74) is 1.36. The number of benzene rings is 1. The monoisotopic (exact) mass is 449 g/mol. The van der Waals surface area contributed by atoms with Crippen molar-refractivity contribution in [3.05, 3.63) is 35.7 Å². The van der Waals surface area contributed by atoms with Crippen LogP contribution in [-0.4, -0.2) is 49.5 Å². The highest BCUT2D eigenvalue weighted by molar-refractivity contribution is 7.89. The van der Waals surface area contributed by atoms with Crippen molar-refractivity contribution in [1.82, 2.24) is 14.8 Å². The molecule has 3 rings (SSSR count). The van der Waals surface area contributed by atoms with E-state index in [1.165, 1.54) is 4.31 Å². The minimum Gasteiger partial charge on any atom is -0.360 e. The first-order chi connectivity index (χ1) is 14.7. The van der Waals surface area contributed by atoms with Crippen molar-refractivity contribution in [2.45, 2.75) is 38.5 Å². The van der Waals surface area contributed by atoms with Crippen LogP contribution in [0.2, 0.25) is 0 Å². The molecule has 3 N–H and O–H groups in total. The fourth-order valence-electron chi connectivity index (χ4n) is 3.60. The van der Waals surface area contributed by atoms with Crippen molar-refractivity contribution in [3.8, 4) is 0 Å². The second-order valence-corrected chi connectivity index (χ2v) is 9.28. The van der Waals surface area contributed by atoms with Gasteiger partial charge in [0.05, 0.1) is 5.92 Å². The van der Waals surface area contributed by atoms with Crippen molar-refractivity contribution in [3.63, 3.8) is 0 Å². The number of nitrogens with one attached hydrogen (secondary N) is 3. The molecule has 1 aliphatic heterocycles. The molecule has 0 spiro atoms. The predicted octanol–water partition coefficient (Wildman–Crippen LogP) is 2.47. The second-order valence-electron chi connectivity index (χ2n) is 7.41. The van der Waals surface area contributed by atoms with E-state index < -0.39 is 15.9 Å². The molecule has 1 saturated heterocycles. The van der Waals surface area contributed by atoms with E-state index in [9.17, 15) is 18.0 Å². The first-order valence-corrected chi connectivity index (χ1v) is 11.5. The van der Waals surface area contributed by atoms with Crippen molar-refractivity contribution in [1.29, 1.82) is 0 Å². The lowest BCUT2D eigenvalue weighted by Gasteiger charge is -2.31. The van der Waals surface area contributed by atoms with E-state index in [0.29, 0.717) is 43.0 Å². The van der Waals surface area contributed by atoms with Gasteiger partial charge in [-0.25, -0.2) is 13.2 Å². The lowest BCUT2D eigenvalue weighted by Crippen LogP contribution is -2.43. The summed E-state index contributed by atoms with van der Waals surface area (Å²) in [5.74, 6) is -0.529. The Morgan fingerprint density at radius 3 is 2.58 bits per heavy atom. The van der Waals surface area contributed by atoms with E-state index in [1.54, 1.807) is 38.1 Å². The van der Waals surface area contributed by atoms with Crippen LogP contribution in [0, 0.1) is 19.8 Å². The zero-order valence-electron chi connectivity index (χ0n) is 17.8. The van der Waals surface area contributed by atoms with E-state index in [4.69, 9.17) is 4.52 Å². The summed E-state index contributed by atoms with van der Waals surface area (Å²) in [5, 5.41) is 11.9. The Kier molecular flexibility index (Phi) is 6.96. The summed E-state index contributed by atoms with van der Waals surface area (Å²) >= 11 is 0. The van der Waals surface area contributed by atoms with Crippen molar-refractivity contribution >= 4 is 33.3 Å². The smallest absolute Gasteiger partial charge is 0.319 e. The number of aromatic nitrogens is 1. The standard InChI is InChI=1S/C20H27N5O5S/c1-4-21-20(27)23-17-9-5-8-16(11-17)22-19(26)15-7-6-10-25(12-15)31(28,29)18-13(2)24-30-14(18)3/h5,8-9,11,15H,4,6-7,10,12H2,1-3H3,(H,22,26)(H2,21,23,27)/t15-/m0/s1. The third kappa shape index (κ3) is 5.23. The Morgan fingerprint density at radius 1 is 1.23 bits per heavy atom. The van der Waals surface area contributed by atoms with E-state index in [-0.39, 0.29) is 29.1 Å². The molecule has 0 saturated carbocycles. The molecule has 2 aromatic rings. The molecule has 1 atom stereocenters. The summed E-state index contributed by atoms with van der Waals surface area (Å²) in [7, 11) is -3.80. The molecule has 1 aromatic carbocycles. The highest BCUT2D eigenvalue weighted by atomic mass is 32.2. The number of hydrogen-bond donors (Lipinski definition) is 3. The maximum atomic E-state index is 13.1. The summed E-state index contributed by atoms with van der Waals surface area (Å²) in [6, 6.07) is 6.45. The van der Waals surface area contributed by atoms with Crippen LogP contribution in [0.5, 0.6) is 0 Å². The number of amides is 3. The average Bonchev–Trinajstić information content (AvgIpc) is 3.07. The Morgan fingerprint density at radius 2 is 1.94 bits per heavy atom. The molecule has 3 amide bonds. The van der Waals surface area contributed by atoms with Gasteiger partial charge < -0.3 is 20.5 Å². The number of aryl methyl sites for hydroxylation is 2. The normalized spacial score (nSPS) is 17.2. The van der Waals surface area contributed by atoms with Gasteiger partial charge in [-0.05, 0) is 51.8 Å². The number of urea groups is 1. The summed E-state index contributed by atoms with van der Waals surface area (Å²) in [6.07, 6.45) is 1.15. The van der Waals surface area contributed by atoms with Gasteiger partial charge in [0.1, 0.15) is 10.6 Å². The number of rotatable bonds is 6. The molecule has 11 heteroatoms. The lowest BCUT2D eigenvalue weighted by molar-refractivity contribution is -0.120. The third-order valence-corrected chi connectivity index (χ3v) is 7.16.